The highest BCUT2D eigenvalue weighted by atomic mass is 32.2. The molecule has 0 atom stereocenters. The molecular weight excluding hydrogens is 419 g/mol. The van der Waals surface area contributed by atoms with Crippen molar-refractivity contribution in [2.45, 2.75) is 23.4 Å². The van der Waals surface area contributed by atoms with Gasteiger partial charge in [-0.25, -0.2) is 17.5 Å². The average Bonchev–Trinajstić information content (AvgIpc) is 2.73. The first kappa shape index (κ1) is 21.7. The summed E-state index contributed by atoms with van der Waals surface area (Å²) in [5.74, 6) is -1.14. The van der Waals surface area contributed by atoms with Crippen molar-refractivity contribution in [2.75, 3.05) is 19.8 Å². The van der Waals surface area contributed by atoms with Crippen molar-refractivity contribution in [1.82, 2.24) is 4.72 Å². The Balaban J connectivity index is 1.80. The lowest BCUT2D eigenvalue weighted by Gasteiger charge is -2.29. The maximum absolute atomic E-state index is 14.6. The van der Waals surface area contributed by atoms with E-state index in [2.05, 4.69) is 0 Å². The molecule has 30 heavy (non-hydrogen) atoms. The molecule has 1 aliphatic rings. The third-order valence-corrected chi connectivity index (χ3v) is 5.90. The quantitative estimate of drug-likeness (QED) is 0.520. The number of alkyl halides is 1. The second kappa shape index (κ2) is 8.76. The van der Waals surface area contributed by atoms with Gasteiger partial charge < -0.3 is 9.47 Å². The monoisotopic (exact) mass is 438 g/mol. The minimum absolute atomic E-state index is 0.0960. The van der Waals surface area contributed by atoms with Crippen LogP contribution in [0.4, 0.5) is 10.1 Å². The molecule has 0 bridgehead atoms. The molecule has 2 aromatic rings. The molecule has 0 saturated carbocycles. The van der Waals surface area contributed by atoms with E-state index in [4.69, 9.17) is 9.47 Å². The number of carbonyl (C=O) groups excluding carboxylic acids is 1. The zero-order valence-corrected chi connectivity index (χ0v) is 16.6. The van der Waals surface area contributed by atoms with Crippen molar-refractivity contribution in [3.05, 3.63) is 64.2 Å². The molecule has 1 fully saturated rings. The van der Waals surface area contributed by atoms with Crippen molar-refractivity contribution in [2.24, 2.45) is 0 Å². The predicted octanol–water partition coefficient (Wildman–Crippen LogP) is 2.61. The summed E-state index contributed by atoms with van der Waals surface area (Å²) in [5.41, 5.74) is -2.22. The average molecular weight is 438 g/mol. The Morgan fingerprint density at radius 3 is 2.50 bits per heavy atom. The summed E-state index contributed by atoms with van der Waals surface area (Å²) in [7, 11) is -4.38. The predicted molar refractivity (Wildman–Crippen MR) is 104 cm³/mol. The first-order valence-corrected chi connectivity index (χ1v) is 10.5. The number of hydrogen-bond acceptors (Lipinski definition) is 7. The van der Waals surface area contributed by atoms with Crippen molar-refractivity contribution in [1.29, 1.82) is 0 Å². The summed E-state index contributed by atoms with van der Waals surface area (Å²) in [6.07, 6.45) is 0.192. The molecule has 0 aromatic heterocycles. The molecule has 0 aliphatic carbocycles. The third-order valence-electron chi connectivity index (χ3n) is 4.58. The smallest absolute Gasteiger partial charge is 0.312 e. The van der Waals surface area contributed by atoms with E-state index in [-0.39, 0.29) is 37.4 Å². The number of nitro groups is 1. The van der Waals surface area contributed by atoms with E-state index >= 15 is 0 Å². The Morgan fingerprint density at radius 2 is 1.87 bits per heavy atom. The standard InChI is InChI=1S/C19H19FN2O7S/c20-19(8-10-28-11-9-19)13-29-17-7-6-15(12-16(17)22(24)25)30(26,27)21-18(23)14-4-2-1-3-5-14/h1-7,12H,8-11,13H2,(H,21,23). The lowest BCUT2D eigenvalue weighted by molar-refractivity contribution is -0.386. The first-order valence-electron chi connectivity index (χ1n) is 9.00. The normalized spacial score (nSPS) is 15.9. The zero-order valence-electron chi connectivity index (χ0n) is 15.7. The van der Waals surface area contributed by atoms with E-state index in [0.717, 1.165) is 18.2 Å². The van der Waals surface area contributed by atoms with Crippen molar-refractivity contribution < 1.29 is 32.0 Å². The van der Waals surface area contributed by atoms with Gasteiger partial charge in [0.25, 0.3) is 15.9 Å². The Labute approximate surface area is 172 Å². The maximum Gasteiger partial charge on any atom is 0.312 e. The summed E-state index contributed by atoms with van der Waals surface area (Å²) in [4.78, 5) is 22.2. The number of nitrogens with one attached hydrogen (secondary N) is 1. The van der Waals surface area contributed by atoms with Gasteiger partial charge in [-0.2, -0.15) is 0 Å². The van der Waals surface area contributed by atoms with Gasteiger partial charge in [0.05, 0.1) is 9.82 Å². The molecule has 1 saturated heterocycles. The largest absolute Gasteiger partial charge is 0.483 e. The van der Waals surface area contributed by atoms with E-state index in [1.54, 1.807) is 18.2 Å². The van der Waals surface area contributed by atoms with Crippen LogP contribution in [0.1, 0.15) is 23.2 Å². The number of ether oxygens (including phenoxy) is 2. The van der Waals surface area contributed by atoms with Gasteiger partial charge in [-0.3, -0.25) is 14.9 Å². The Hall–Kier alpha value is -3.05. The van der Waals surface area contributed by atoms with E-state index < -0.39 is 43.7 Å². The first-order chi connectivity index (χ1) is 14.2. The molecule has 11 heteroatoms. The summed E-state index contributed by atoms with van der Waals surface area (Å²) < 4.78 is 51.9. The topological polar surface area (TPSA) is 125 Å². The van der Waals surface area contributed by atoms with Crippen LogP contribution in [0.25, 0.3) is 0 Å². The number of rotatable bonds is 7. The molecule has 3 rings (SSSR count). The van der Waals surface area contributed by atoms with Crippen LogP contribution in [0, 0.1) is 10.1 Å². The van der Waals surface area contributed by atoms with Crippen LogP contribution in [0.2, 0.25) is 0 Å². The van der Waals surface area contributed by atoms with Gasteiger partial charge in [-0.05, 0) is 24.3 Å². The third kappa shape index (κ3) is 5.10. The molecule has 1 aliphatic heterocycles. The minimum Gasteiger partial charge on any atom is -0.483 e. The highest BCUT2D eigenvalue weighted by Gasteiger charge is 2.34. The van der Waals surface area contributed by atoms with E-state index in [9.17, 15) is 27.7 Å². The highest BCUT2D eigenvalue weighted by molar-refractivity contribution is 7.90. The molecule has 160 valence electrons. The summed E-state index contributed by atoms with van der Waals surface area (Å²) >= 11 is 0. The molecule has 0 unspecified atom stereocenters. The van der Waals surface area contributed by atoms with Crippen molar-refractivity contribution >= 4 is 21.6 Å². The van der Waals surface area contributed by atoms with Gasteiger partial charge in [-0.1, -0.05) is 18.2 Å². The second-order valence-electron chi connectivity index (χ2n) is 6.74. The Bertz CT molecular complexity index is 1040. The molecule has 0 radical (unpaired) electrons. The van der Waals surface area contributed by atoms with Crippen molar-refractivity contribution in [3.63, 3.8) is 0 Å². The number of amides is 1. The van der Waals surface area contributed by atoms with Gasteiger partial charge in [-0.15, -0.1) is 0 Å². The summed E-state index contributed by atoms with van der Waals surface area (Å²) in [6.45, 7) is 0.0224. The zero-order chi connectivity index (χ0) is 21.8. The van der Waals surface area contributed by atoms with Crippen LogP contribution >= 0.6 is 0 Å². The lowest BCUT2D eigenvalue weighted by atomic mass is 9.98. The van der Waals surface area contributed by atoms with Crippen molar-refractivity contribution in [3.8, 4) is 5.75 Å². The number of nitrogens with zero attached hydrogens (tertiary/aromatic N) is 1. The molecular formula is C19H19FN2O7S. The number of benzene rings is 2. The maximum atomic E-state index is 14.6. The van der Waals surface area contributed by atoms with Gasteiger partial charge >= 0.3 is 5.69 Å². The van der Waals surface area contributed by atoms with Gasteiger partial charge in [0.15, 0.2) is 5.75 Å². The molecule has 1 heterocycles. The summed E-state index contributed by atoms with van der Waals surface area (Å²) in [5, 5.41) is 11.4. The van der Waals surface area contributed by atoms with Gasteiger partial charge in [0, 0.05) is 37.7 Å². The van der Waals surface area contributed by atoms with Gasteiger partial charge in [0.1, 0.15) is 12.3 Å². The van der Waals surface area contributed by atoms with Crippen LogP contribution in [0.5, 0.6) is 5.75 Å². The van der Waals surface area contributed by atoms with Gasteiger partial charge in [0.2, 0.25) is 0 Å². The Morgan fingerprint density at radius 1 is 1.20 bits per heavy atom. The fraction of sp³-hybridized carbons (Fsp3) is 0.316. The van der Waals surface area contributed by atoms with Crippen LogP contribution in [-0.2, 0) is 14.8 Å². The number of carbonyl (C=O) groups is 1. The molecule has 1 amide bonds. The minimum atomic E-state index is -4.38. The van der Waals surface area contributed by atoms with E-state index in [1.165, 1.54) is 12.1 Å². The second-order valence-corrected chi connectivity index (χ2v) is 8.42. The lowest BCUT2D eigenvalue weighted by Crippen LogP contribution is -2.37. The van der Waals surface area contributed by atoms with Crippen LogP contribution in [0.3, 0.4) is 0 Å². The number of nitro benzene ring substituents is 1. The Kier molecular flexibility index (Phi) is 6.32. The van der Waals surface area contributed by atoms with E-state index in [1.807, 2.05) is 4.72 Å². The number of halogens is 1. The van der Waals surface area contributed by atoms with Crippen LogP contribution in [-0.4, -0.2) is 44.7 Å². The molecule has 0 spiro atoms. The highest BCUT2D eigenvalue weighted by Crippen LogP contribution is 2.32. The fourth-order valence-corrected chi connectivity index (χ4v) is 3.84. The number of sulfonamides is 1. The molecule has 1 N–H and O–H groups in total. The van der Waals surface area contributed by atoms with Crippen LogP contribution < -0.4 is 9.46 Å². The van der Waals surface area contributed by atoms with Crippen LogP contribution in [0.15, 0.2) is 53.4 Å². The SMILES string of the molecule is O=C(NS(=O)(=O)c1ccc(OCC2(F)CCOCC2)c([N+](=O)[O-])c1)c1ccccc1. The summed E-state index contributed by atoms with van der Waals surface area (Å²) in [6, 6.07) is 10.5. The molecule has 2 aromatic carbocycles. The fourth-order valence-electron chi connectivity index (χ4n) is 2.85. The number of hydrogen-bond donors (Lipinski definition) is 1. The van der Waals surface area contributed by atoms with E-state index in [0.29, 0.717) is 0 Å². The molecule has 9 nitrogen and oxygen atoms in total.